The van der Waals surface area contributed by atoms with Crippen molar-refractivity contribution in [2.75, 3.05) is 11.9 Å². The van der Waals surface area contributed by atoms with Gasteiger partial charge in [-0.3, -0.25) is 0 Å². The number of amides is 1. The van der Waals surface area contributed by atoms with E-state index in [1.807, 2.05) is 44.2 Å². The summed E-state index contributed by atoms with van der Waals surface area (Å²) >= 11 is 0. The summed E-state index contributed by atoms with van der Waals surface area (Å²) in [6.45, 7) is 4.56. The third-order valence-corrected chi connectivity index (χ3v) is 3.33. The van der Waals surface area contributed by atoms with E-state index in [2.05, 4.69) is 10.4 Å². The molecule has 5 heteroatoms. The van der Waals surface area contributed by atoms with E-state index in [0.29, 0.717) is 12.3 Å². The van der Waals surface area contributed by atoms with Crippen molar-refractivity contribution in [3.63, 3.8) is 0 Å². The first-order chi connectivity index (χ1) is 10.7. The highest BCUT2D eigenvalue weighted by molar-refractivity contribution is 5.97. The Morgan fingerprint density at radius 2 is 2.00 bits per heavy atom. The molecule has 0 saturated heterocycles. The lowest BCUT2D eigenvalue weighted by Crippen LogP contribution is -2.20. The van der Waals surface area contributed by atoms with Crippen LogP contribution in [0.1, 0.15) is 12.5 Å². The maximum Gasteiger partial charge on any atom is 0.347 e. The van der Waals surface area contributed by atoms with Crippen LogP contribution in [0.4, 0.5) is 10.5 Å². The Balaban J connectivity index is 1.81. The van der Waals surface area contributed by atoms with Crippen molar-refractivity contribution >= 4 is 22.6 Å². The standard InChI is InChI=1S/C17H17N3O2/c1-3-22-15-7-5-14(6-8-15)19-17(21)20-16-9-4-12(2)10-13(16)11-18-20/h4-11H,3H2,1-2H3,(H,19,21). The van der Waals surface area contributed by atoms with Gasteiger partial charge in [0.15, 0.2) is 0 Å². The van der Waals surface area contributed by atoms with Crippen LogP contribution in [0.25, 0.3) is 10.9 Å². The number of ether oxygens (including phenoxy) is 1. The molecule has 0 atom stereocenters. The van der Waals surface area contributed by atoms with Crippen molar-refractivity contribution in [3.05, 3.63) is 54.2 Å². The zero-order valence-corrected chi connectivity index (χ0v) is 12.5. The van der Waals surface area contributed by atoms with Crippen LogP contribution in [0.5, 0.6) is 5.75 Å². The average Bonchev–Trinajstić information content (AvgIpc) is 2.92. The predicted octanol–water partition coefficient (Wildman–Crippen LogP) is 3.82. The molecule has 0 bridgehead atoms. The van der Waals surface area contributed by atoms with E-state index in [9.17, 15) is 4.79 Å². The maximum atomic E-state index is 12.3. The van der Waals surface area contributed by atoms with Gasteiger partial charge in [0.1, 0.15) is 5.75 Å². The first-order valence-corrected chi connectivity index (χ1v) is 7.16. The summed E-state index contributed by atoms with van der Waals surface area (Å²) in [6.07, 6.45) is 1.69. The van der Waals surface area contributed by atoms with Crippen molar-refractivity contribution in [3.8, 4) is 5.75 Å². The second-order valence-corrected chi connectivity index (χ2v) is 5.01. The van der Waals surface area contributed by atoms with Crippen molar-refractivity contribution in [1.29, 1.82) is 0 Å². The van der Waals surface area contributed by atoms with Gasteiger partial charge in [0.05, 0.1) is 18.3 Å². The number of rotatable bonds is 3. The molecule has 1 heterocycles. The number of carbonyl (C=O) groups excluding carboxylic acids is 1. The minimum atomic E-state index is -0.289. The second kappa shape index (κ2) is 5.89. The first-order valence-electron chi connectivity index (χ1n) is 7.16. The van der Waals surface area contributed by atoms with Gasteiger partial charge < -0.3 is 10.1 Å². The van der Waals surface area contributed by atoms with Crippen LogP contribution in [-0.4, -0.2) is 22.4 Å². The van der Waals surface area contributed by atoms with Crippen LogP contribution in [0.15, 0.2) is 48.7 Å². The molecule has 1 N–H and O–H groups in total. The zero-order valence-electron chi connectivity index (χ0n) is 12.5. The molecule has 22 heavy (non-hydrogen) atoms. The fourth-order valence-electron chi connectivity index (χ4n) is 2.29. The topological polar surface area (TPSA) is 56.1 Å². The number of fused-ring (bicyclic) bond motifs is 1. The Morgan fingerprint density at radius 1 is 1.23 bits per heavy atom. The Labute approximate surface area is 128 Å². The molecule has 1 aromatic heterocycles. The van der Waals surface area contributed by atoms with Crippen LogP contribution in [0, 0.1) is 6.92 Å². The monoisotopic (exact) mass is 295 g/mol. The highest BCUT2D eigenvalue weighted by Gasteiger charge is 2.10. The van der Waals surface area contributed by atoms with E-state index in [4.69, 9.17) is 4.74 Å². The number of aromatic nitrogens is 2. The summed E-state index contributed by atoms with van der Waals surface area (Å²) < 4.78 is 6.74. The highest BCUT2D eigenvalue weighted by atomic mass is 16.5. The van der Waals surface area contributed by atoms with E-state index >= 15 is 0 Å². The van der Waals surface area contributed by atoms with Gasteiger partial charge in [-0.25, -0.2) is 4.79 Å². The molecular formula is C17H17N3O2. The molecule has 3 rings (SSSR count). The summed E-state index contributed by atoms with van der Waals surface area (Å²) in [5, 5.41) is 7.93. The molecule has 0 aliphatic rings. The molecule has 0 fully saturated rings. The molecule has 0 unspecified atom stereocenters. The van der Waals surface area contributed by atoms with Gasteiger partial charge in [-0.1, -0.05) is 11.6 Å². The van der Waals surface area contributed by atoms with Gasteiger partial charge >= 0.3 is 6.03 Å². The van der Waals surface area contributed by atoms with Crippen LogP contribution < -0.4 is 10.1 Å². The number of anilines is 1. The number of nitrogens with one attached hydrogen (secondary N) is 1. The van der Waals surface area contributed by atoms with Crippen LogP contribution >= 0.6 is 0 Å². The Morgan fingerprint density at radius 3 is 2.73 bits per heavy atom. The zero-order chi connectivity index (χ0) is 15.5. The van der Waals surface area contributed by atoms with Crippen molar-refractivity contribution in [2.45, 2.75) is 13.8 Å². The van der Waals surface area contributed by atoms with Crippen molar-refractivity contribution in [2.24, 2.45) is 0 Å². The summed E-state index contributed by atoms with van der Waals surface area (Å²) in [5.41, 5.74) is 2.62. The predicted molar refractivity (Wildman–Crippen MR) is 86.5 cm³/mol. The smallest absolute Gasteiger partial charge is 0.347 e. The molecule has 0 aliphatic heterocycles. The Kier molecular flexibility index (Phi) is 3.78. The normalized spacial score (nSPS) is 10.6. The number of aryl methyl sites for hydroxylation is 1. The molecule has 2 aromatic carbocycles. The van der Waals surface area contributed by atoms with Gasteiger partial charge in [0, 0.05) is 11.1 Å². The Hall–Kier alpha value is -2.82. The molecule has 0 radical (unpaired) electrons. The van der Waals surface area contributed by atoms with Gasteiger partial charge in [0.2, 0.25) is 0 Å². The lowest BCUT2D eigenvalue weighted by molar-refractivity contribution is 0.252. The average molecular weight is 295 g/mol. The quantitative estimate of drug-likeness (QED) is 0.799. The number of hydrogen-bond donors (Lipinski definition) is 1. The minimum Gasteiger partial charge on any atom is -0.494 e. The molecule has 1 amide bonds. The highest BCUT2D eigenvalue weighted by Crippen LogP contribution is 2.18. The SMILES string of the molecule is CCOc1ccc(NC(=O)n2ncc3cc(C)ccc32)cc1. The van der Waals surface area contributed by atoms with E-state index in [1.165, 1.54) is 4.68 Å². The fraction of sp³-hybridized carbons (Fsp3) is 0.176. The van der Waals surface area contributed by atoms with Gasteiger partial charge in [-0.15, -0.1) is 0 Å². The molecule has 0 saturated carbocycles. The van der Waals surface area contributed by atoms with Gasteiger partial charge in [0.25, 0.3) is 0 Å². The maximum absolute atomic E-state index is 12.3. The van der Waals surface area contributed by atoms with E-state index < -0.39 is 0 Å². The molecule has 0 aliphatic carbocycles. The summed E-state index contributed by atoms with van der Waals surface area (Å²) in [6, 6.07) is 12.8. The number of benzene rings is 2. The van der Waals surface area contributed by atoms with Crippen LogP contribution in [0.3, 0.4) is 0 Å². The lowest BCUT2D eigenvalue weighted by atomic mass is 10.2. The molecule has 3 aromatic rings. The minimum absolute atomic E-state index is 0.289. The molecule has 0 spiro atoms. The Bertz CT molecular complexity index is 806. The van der Waals surface area contributed by atoms with E-state index in [1.54, 1.807) is 18.3 Å². The van der Waals surface area contributed by atoms with Crippen LogP contribution in [0.2, 0.25) is 0 Å². The van der Waals surface area contributed by atoms with Gasteiger partial charge in [-0.2, -0.15) is 9.78 Å². The summed E-state index contributed by atoms with van der Waals surface area (Å²) in [5.74, 6) is 0.778. The third-order valence-electron chi connectivity index (χ3n) is 3.33. The molecular weight excluding hydrogens is 278 g/mol. The van der Waals surface area contributed by atoms with Crippen LogP contribution in [-0.2, 0) is 0 Å². The van der Waals surface area contributed by atoms with Crippen molar-refractivity contribution in [1.82, 2.24) is 9.78 Å². The van der Waals surface area contributed by atoms with Crippen molar-refractivity contribution < 1.29 is 9.53 Å². The largest absolute Gasteiger partial charge is 0.494 e. The second-order valence-electron chi connectivity index (χ2n) is 5.01. The fourth-order valence-corrected chi connectivity index (χ4v) is 2.29. The van der Waals surface area contributed by atoms with E-state index in [0.717, 1.165) is 22.2 Å². The summed E-state index contributed by atoms with van der Waals surface area (Å²) in [4.78, 5) is 12.3. The first kappa shape index (κ1) is 14.1. The number of hydrogen-bond acceptors (Lipinski definition) is 3. The number of carbonyl (C=O) groups is 1. The molecule has 5 nitrogen and oxygen atoms in total. The number of nitrogens with zero attached hydrogens (tertiary/aromatic N) is 2. The van der Waals surface area contributed by atoms with Gasteiger partial charge in [-0.05, 0) is 50.2 Å². The lowest BCUT2D eigenvalue weighted by Gasteiger charge is -2.07. The third kappa shape index (κ3) is 2.79. The summed E-state index contributed by atoms with van der Waals surface area (Å²) in [7, 11) is 0. The molecule has 112 valence electrons. The van der Waals surface area contributed by atoms with E-state index in [-0.39, 0.29) is 6.03 Å².